The standard InChI is InChI=1S/C24H25FN4OS/c1-2-21(30)28-11-13-29(14-12-28)23-22-18-5-3-4-6-19(18)31-24(22)27-20(26-23)15-16-7-9-17(25)10-8-16/h2,7-10H,1,3-6,11-15H2. The molecule has 1 aliphatic carbocycles. The zero-order chi connectivity index (χ0) is 21.4. The summed E-state index contributed by atoms with van der Waals surface area (Å²) in [7, 11) is 0. The highest BCUT2D eigenvalue weighted by atomic mass is 32.1. The first kappa shape index (κ1) is 20.1. The van der Waals surface area contributed by atoms with Crippen molar-refractivity contribution in [3.05, 3.63) is 64.6 Å². The molecule has 0 saturated carbocycles. The molecule has 1 aliphatic heterocycles. The van der Waals surface area contributed by atoms with Crippen LogP contribution in [0.5, 0.6) is 0 Å². The van der Waals surface area contributed by atoms with Gasteiger partial charge in [0.2, 0.25) is 5.91 Å². The molecule has 0 atom stereocenters. The molecule has 3 heterocycles. The van der Waals surface area contributed by atoms with Crippen molar-refractivity contribution in [3.63, 3.8) is 0 Å². The first-order valence-electron chi connectivity index (χ1n) is 10.8. The molecule has 7 heteroatoms. The Balaban J connectivity index is 1.53. The number of amides is 1. The molecule has 160 valence electrons. The van der Waals surface area contributed by atoms with Gasteiger partial charge in [-0.05, 0) is 55.0 Å². The topological polar surface area (TPSA) is 49.3 Å². The highest BCUT2D eigenvalue weighted by Crippen LogP contribution is 2.40. The fraction of sp³-hybridized carbons (Fsp3) is 0.375. The predicted octanol–water partition coefficient (Wildman–Crippen LogP) is 4.13. The lowest BCUT2D eigenvalue weighted by molar-refractivity contribution is -0.126. The number of halogens is 1. The van der Waals surface area contributed by atoms with Gasteiger partial charge in [-0.3, -0.25) is 4.79 Å². The van der Waals surface area contributed by atoms with Gasteiger partial charge in [-0.2, -0.15) is 0 Å². The first-order chi connectivity index (χ1) is 15.1. The van der Waals surface area contributed by atoms with E-state index in [0.29, 0.717) is 19.5 Å². The van der Waals surface area contributed by atoms with E-state index in [4.69, 9.17) is 9.97 Å². The first-order valence-corrected chi connectivity index (χ1v) is 11.7. The lowest BCUT2D eigenvalue weighted by Crippen LogP contribution is -2.48. The van der Waals surface area contributed by atoms with Crippen LogP contribution in [0.1, 0.15) is 34.7 Å². The molecule has 1 saturated heterocycles. The minimum Gasteiger partial charge on any atom is -0.352 e. The van der Waals surface area contributed by atoms with E-state index in [9.17, 15) is 9.18 Å². The van der Waals surface area contributed by atoms with Crippen LogP contribution in [0.3, 0.4) is 0 Å². The predicted molar refractivity (Wildman–Crippen MR) is 122 cm³/mol. The highest BCUT2D eigenvalue weighted by Gasteiger charge is 2.27. The van der Waals surface area contributed by atoms with Crippen molar-refractivity contribution in [1.82, 2.24) is 14.9 Å². The van der Waals surface area contributed by atoms with Gasteiger partial charge < -0.3 is 9.80 Å². The molecule has 0 N–H and O–H groups in total. The van der Waals surface area contributed by atoms with Crippen LogP contribution in [0, 0.1) is 5.82 Å². The third kappa shape index (κ3) is 3.94. The van der Waals surface area contributed by atoms with Crippen LogP contribution in [0.4, 0.5) is 10.2 Å². The van der Waals surface area contributed by atoms with Gasteiger partial charge in [0.1, 0.15) is 22.3 Å². The van der Waals surface area contributed by atoms with Crippen molar-refractivity contribution in [2.24, 2.45) is 0 Å². The summed E-state index contributed by atoms with van der Waals surface area (Å²) in [4.78, 5) is 28.6. The number of aromatic nitrogens is 2. The fourth-order valence-corrected chi connectivity index (χ4v) is 5.82. The van der Waals surface area contributed by atoms with Gasteiger partial charge in [-0.15, -0.1) is 11.3 Å². The average molecular weight is 437 g/mol. The van der Waals surface area contributed by atoms with Crippen molar-refractivity contribution in [2.75, 3.05) is 31.1 Å². The Morgan fingerprint density at radius 2 is 1.84 bits per heavy atom. The van der Waals surface area contributed by atoms with E-state index in [0.717, 1.165) is 48.0 Å². The van der Waals surface area contributed by atoms with E-state index >= 15 is 0 Å². The van der Waals surface area contributed by atoms with Crippen LogP contribution in [-0.2, 0) is 24.1 Å². The third-order valence-corrected chi connectivity index (χ3v) is 7.37. The molecule has 0 spiro atoms. The fourth-order valence-electron chi connectivity index (χ4n) is 4.54. The van der Waals surface area contributed by atoms with Gasteiger partial charge in [-0.1, -0.05) is 18.7 Å². The number of aryl methyl sites for hydroxylation is 2. The van der Waals surface area contributed by atoms with Crippen molar-refractivity contribution >= 4 is 33.3 Å². The van der Waals surface area contributed by atoms with Crippen molar-refractivity contribution in [3.8, 4) is 0 Å². The molecule has 2 aliphatic rings. The van der Waals surface area contributed by atoms with Crippen molar-refractivity contribution < 1.29 is 9.18 Å². The number of nitrogens with zero attached hydrogens (tertiary/aromatic N) is 4. The highest BCUT2D eigenvalue weighted by molar-refractivity contribution is 7.19. The molecule has 0 radical (unpaired) electrons. The Bertz CT molecular complexity index is 1130. The molecule has 31 heavy (non-hydrogen) atoms. The second kappa shape index (κ2) is 8.38. The van der Waals surface area contributed by atoms with Gasteiger partial charge in [0.05, 0.1) is 5.39 Å². The largest absolute Gasteiger partial charge is 0.352 e. The van der Waals surface area contributed by atoms with Gasteiger partial charge in [0.25, 0.3) is 0 Å². The number of hydrogen-bond donors (Lipinski definition) is 0. The van der Waals surface area contributed by atoms with E-state index < -0.39 is 0 Å². The van der Waals surface area contributed by atoms with Crippen LogP contribution in [0.25, 0.3) is 10.2 Å². The summed E-state index contributed by atoms with van der Waals surface area (Å²) in [6.45, 7) is 6.41. The normalized spacial score (nSPS) is 16.4. The minimum atomic E-state index is -0.237. The van der Waals surface area contributed by atoms with E-state index in [1.165, 1.54) is 46.9 Å². The Hall–Kier alpha value is -2.80. The number of benzene rings is 1. The maximum Gasteiger partial charge on any atom is 0.246 e. The maximum atomic E-state index is 13.3. The zero-order valence-corrected chi connectivity index (χ0v) is 18.3. The summed E-state index contributed by atoms with van der Waals surface area (Å²) in [5.41, 5.74) is 2.41. The molecule has 0 unspecified atom stereocenters. The van der Waals surface area contributed by atoms with Crippen LogP contribution in [-0.4, -0.2) is 47.0 Å². The summed E-state index contributed by atoms with van der Waals surface area (Å²) >= 11 is 1.80. The van der Waals surface area contributed by atoms with E-state index in [1.54, 1.807) is 23.5 Å². The summed E-state index contributed by atoms with van der Waals surface area (Å²) in [5, 5.41) is 1.20. The number of carbonyl (C=O) groups excluding carboxylic acids is 1. The molecule has 2 aromatic heterocycles. The Labute approximate surface area is 185 Å². The van der Waals surface area contributed by atoms with Gasteiger partial charge in [0, 0.05) is 37.5 Å². The van der Waals surface area contributed by atoms with Crippen LogP contribution in [0.2, 0.25) is 0 Å². The average Bonchev–Trinajstić information content (AvgIpc) is 3.18. The number of thiophene rings is 1. The van der Waals surface area contributed by atoms with Crippen molar-refractivity contribution in [2.45, 2.75) is 32.1 Å². The molecule has 1 amide bonds. The lowest BCUT2D eigenvalue weighted by atomic mass is 9.96. The summed E-state index contributed by atoms with van der Waals surface area (Å²) in [6, 6.07) is 6.55. The lowest BCUT2D eigenvalue weighted by Gasteiger charge is -2.35. The van der Waals surface area contributed by atoms with Gasteiger partial charge in [-0.25, -0.2) is 14.4 Å². The molecule has 1 fully saturated rings. The minimum absolute atomic E-state index is 0.0163. The van der Waals surface area contributed by atoms with Gasteiger partial charge in [0.15, 0.2) is 0 Å². The zero-order valence-electron chi connectivity index (χ0n) is 17.4. The number of carbonyl (C=O) groups is 1. The molecule has 5 rings (SSSR count). The number of anilines is 1. The van der Waals surface area contributed by atoms with Crippen LogP contribution >= 0.6 is 11.3 Å². The Morgan fingerprint density at radius 3 is 2.58 bits per heavy atom. The molecule has 0 bridgehead atoms. The SMILES string of the molecule is C=CC(=O)N1CCN(c2nc(Cc3ccc(F)cc3)nc3sc4c(c23)CCCC4)CC1. The second-order valence-corrected chi connectivity index (χ2v) is 9.26. The van der Waals surface area contributed by atoms with Crippen molar-refractivity contribution in [1.29, 1.82) is 0 Å². The van der Waals surface area contributed by atoms with E-state index in [-0.39, 0.29) is 11.7 Å². The number of fused-ring (bicyclic) bond motifs is 3. The summed E-state index contributed by atoms with van der Waals surface area (Å²) in [5.74, 6) is 1.50. The van der Waals surface area contributed by atoms with Crippen LogP contribution in [0.15, 0.2) is 36.9 Å². The third-order valence-electron chi connectivity index (χ3n) is 6.18. The quantitative estimate of drug-likeness (QED) is 0.577. The number of hydrogen-bond acceptors (Lipinski definition) is 5. The maximum absolute atomic E-state index is 13.3. The van der Waals surface area contributed by atoms with E-state index in [2.05, 4.69) is 11.5 Å². The molecule has 5 nitrogen and oxygen atoms in total. The monoisotopic (exact) mass is 436 g/mol. The second-order valence-electron chi connectivity index (χ2n) is 8.17. The number of rotatable bonds is 4. The van der Waals surface area contributed by atoms with Crippen LogP contribution < -0.4 is 4.90 Å². The molecule has 1 aromatic carbocycles. The summed E-state index contributed by atoms with van der Waals surface area (Å²) < 4.78 is 13.3. The van der Waals surface area contributed by atoms with Gasteiger partial charge >= 0.3 is 0 Å². The smallest absolute Gasteiger partial charge is 0.246 e. The molecular weight excluding hydrogens is 411 g/mol. The van der Waals surface area contributed by atoms with E-state index in [1.807, 2.05) is 4.90 Å². The number of piperazine rings is 1. The summed E-state index contributed by atoms with van der Waals surface area (Å²) in [6.07, 6.45) is 6.59. The Kier molecular flexibility index (Phi) is 5.44. The molecule has 3 aromatic rings. The molecular formula is C24H25FN4OS. The Morgan fingerprint density at radius 1 is 1.10 bits per heavy atom.